The Hall–Kier alpha value is -0.550. The van der Waals surface area contributed by atoms with Crippen LogP contribution in [-0.2, 0) is 9.53 Å². The minimum absolute atomic E-state index is 0.198. The van der Waals surface area contributed by atoms with Gasteiger partial charge in [0.25, 0.3) is 6.43 Å². The number of carbonyl (C=O) groups excluding carboxylic acids is 1. The van der Waals surface area contributed by atoms with E-state index in [-0.39, 0.29) is 6.54 Å². The zero-order valence-corrected chi connectivity index (χ0v) is 5.85. The Morgan fingerprint density at radius 3 is 2.82 bits per heavy atom. The van der Waals surface area contributed by atoms with Crippen LogP contribution in [-0.4, -0.2) is 38.0 Å². The van der Waals surface area contributed by atoms with Crippen molar-refractivity contribution in [2.45, 2.75) is 12.5 Å². The molecule has 1 aliphatic heterocycles. The van der Waals surface area contributed by atoms with Gasteiger partial charge in [-0.1, -0.05) is 0 Å². The molecule has 0 aliphatic carbocycles. The lowest BCUT2D eigenvalue weighted by molar-refractivity contribution is -0.143. The number of Topliss-reactive ketones (excluding diaryl/α,β-unsaturated/α-hetero) is 1. The SMILES string of the molecule is O=C(C(F)F)C1CNCCO1. The molecule has 0 aromatic carbocycles. The van der Waals surface area contributed by atoms with Crippen LogP contribution in [0.1, 0.15) is 0 Å². The van der Waals surface area contributed by atoms with E-state index in [1.54, 1.807) is 0 Å². The Labute approximate surface area is 62.7 Å². The highest BCUT2D eigenvalue weighted by Gasteiger charge is 2.28. The summed E-state index contributed by atoms with van der Waals surface area (Å²) in [7, 11) is 0. The van der Waals surface area contributed by atoms with Crippen LogP contribution in [0.25, 0.3) is 0 Å². The third-order valence-corrected chi connectivity index (χ3v) is 1.46. The number of halogens is 2. The predicted octanol–water partition coefficient (Wildman–Crippen LogP) is -0.191. The van der Waals surface area contributed by atoms with Gasteiger partial charge in [0.2, 0.25) is 5.78 Å². The summed E-state index contributed by atoms with van der Waals surface area (Å²) in [5.74, 6) is -1.13. The molecule has 0 aromatic heterocycles. The van der Waals surface area contributed by atoms with Crippen molar-refractivity contribution in [2.24, 2.45) is 0 Å². The molecule has 0 radical (unpaired) electrons. The monoisotopic (exact) mass is 165 g/mol. The second-order valence-electron chi connectivity index (χ2n) is 2.27. The Morgan fingerprint density at radius 1 is 1.64 bits per heavy atom. The van der Waals surface area contributed by atoms with Crippen LogP contribution in [0.3, 0.4) is 0 Å². The summed E-state index contributed by atoms with van der Waals surface area (Å²) in [4.78, 5) is 10.6. The first-order valence-corrected chi connectivity index (χ1v) is 3.36. The molecular weight excluding hydrogens is 156 g/mol. The van der Waals surface area contributed by atoms with E-state index in [0.717, 1.165) is 0 Å². The highest BCUT2D eigenvalue weighted by atomic mass is 19.3. The minimum Gasteiger partial charge on any atom is -0.368 e. The summed E-state index contributed by atoms with van der Waals surface area (Å²) in [6.45, 7) is 1.14. The maximum atomic E-state index is 11.8. The fourth-order valence-corrected chi connectivity index (χ4v) is 0.889. The van der Waals surface area contributed by atoms with E-state index in [2.05, 4.69) is 5.32 Å². The molecule has 0 saturated carbocycles. The van der Waals surface area contributed by atoms with Gasteiger partial charge < -0.3 is 10.1 Å². The number of ether oxygens (including phenoxy) is 1. The standard InChI is InChI=1S/C6H9F2NO2/c7-6(8)5(10)4-3-9-1-2-11-4/h4,6,9H,1-3H2. The van der Waals surface area contributed by atoms with Crippen LogP contribution < -0.4 is 5.32 Å². The molecule has 1 fully saturated rings. The molecule has 1 N–H and O–H groups in total. The van der Waals surface area contributed by atoms with E-state index in [4.69, 9.17) is 4.74 Å². The van der Waals surface area contributed by atoms with Crippen LogP contribution in [0.15, 0.2) is 0 Å². The highest BCUT2D eigenvalue weighted by molar-refractivity contribution is 5.86. The van der Waals surface area contributed by atoms with E-state index in [9.17, 15) is 13.6 Å². The zero-order chi connectivity index (χ0) is 8.27. The van der Waals surface area contributed by atoms with Gasteiger partial charge in [-0.25, -0.2) is 8.78 Å². The van der Waals surface area contributed by atoms with Crippen molar-refractivity contribution in [1.82, 2.24) is 5.32 Å². The first-order chi connectivity index (χ1) is 5.22. The number of hydrogen-bond acceptors (Lipinski definition) is 3. The molecule has 1 saturated heterocycles. The summed E-state index contributed by atoms with van der Waals surface area (Å²) in [5.41, 5.74) is 0. The number of ketones is 1. The van der Waals surface area contributed by atoms with E-state index in [0.29, 0.717) is 13.2 Å². The van der Waals surface area contributed by atoms with Crippen molar-refractivity contribution in [1.29, 1.82) is 0 Å². The number of rotatable bonds is 2. The van der Waals surface area contributed by atoms with E-state index < -0.39 is 18.3 Å². The normalized spacial score (nSPS) is 25.5. The van der Waals surface area contributed by atoms with Crippen LogP contribution in [0.5, 0.6) is 0 Å². The van der Waals surface area contributed by atoms with Gasteiger partial charge in [-0.3, -0.25) is 4.79 Å². The molecule has 1 rings (SSSR count). The van der Waals surface area contributed by atoms with Crippen molar-refractivity contribution < 1.29 is 18.3 Å². The van der Waals surface area contributed by atoms with Gasteiger partial charge in [0, 0.05) is 13.1 Å². The number of alkyl halides is 2. The highest BCUT2D eigenvalue weighted by Crippen LogP contribution is 2.04. The quantitative estimate of drug-likeness (QED) is 0.616. The molecule has 1 heterocycles. The minimum atomic E-state index is -2.92. The molecular formula is C6H9F2NO2. The molecule has 0 amide bonds. The molecule has 3 nitrogen and oxygen atoms in total. The van der Waals surface area contributed by atoms with Gasteiger partial charge in [0.05, 0.1) is 6.61 Å². The molecule has 0 bridgehead atoms. The van der Waals surface area contributed by atoms with Gasteiger partial charge in [0.1, 0.15) is 6.10 Å². The van der Waals surface area contributed by atoms with Crippen molar-refractivity contribution >= 4 is 5.78 Å². The van der Waals surface area contributed by atoms with Crippen LogP contribution >= 0.6 is 0 Å². The predicted molar refractivity (Wildman–Crippen MR) is 33.6 cm³/mol. The summed E-state index contributed by atoms with van der Waals surface area (Å²) in [5, 5.41) is 2.79. The topological polar surface area (TPSA) is 38.3 Å². The van der Waals surface area contributed by atoms with Crippen LogP contribution in [0, 0.1) is 0 Å². The molecule has 5 heteroatoms. The van der Waals surface area contributed by atoms with Gasteiger partial charge in [0.15, 0.2) is 0 Å². The maximum absolute atomic E-state index is 11.8. The molecule has 1 unspecified atom stereocenters. The van der Waals surface area contributed by atoms with Gasteiger partial charge in [-0.15, -0.1) is 0 Å². The smallest absolute Gasteiger partial charge is 0.298 e. The van der Waals surface area contributed by atoms with Crippen LogP contribution in [0.2, 0.25) is 0 Å². The number of nitrogens with one attached hydrogen (secondary N) is 1. The molecule has 1 atom stereocenters. The van der Waals surface area contributed by atoms with Gasteiger partial charge >= 0.3 is 0 Å². The molecule has 0 aromatic rings. The molecule has 64 valence electrons. The average Bonchev–Trinajstić information content (AvgIpc) is 2.05. The summed E-state index contributed by atoms with van der Waals surface area (Å²) < 4.78 is 28.3. The average molecular weight is 165 g/mol. The Morgan fingerprint density at radius 2 is 2.36 bits per heavy atom. The van der Waals surface area contributed by atoms with Crippen molar-refractivity contribution in [2.75, 3.05) is 19.7 Å². The third-order valence-electron chi connectivity index (χ3n) is 1.46. The Bertz CT molecular complexity index is 146. The van der Waals surface area contributed by atoms with Gasteiger partial charge in [-0.2, -0.15) is 0 Å². The fourth-order valence-electron chi connectivity index (χ4n) is 0.889. The Kier molecular flexibility index (Phi) is 2.90. The molecule has 11 heavy (non-hydrogen) atoms. The molecule has 1 aliphatic rings. The molecule has 0 spiro atoms. The fraction of sp³-hybridized carbons (Fsp3) is 0.833. The first kappa shape index (κ1) is 8.55. The first-order valence-electron chi connectivity index (χ1n) is 3.36. The van der Waals surface area contributed by atoms with E-state index in [1.165, 1.54) is 0 Å². The lowest BCUT2D eigenvalue weighted by Crippen LogP contribution is -2.45. The van der Waals surface area contributed by atoms with Gasteiger partial charge in [-0.05, 0) is 0 Å². The second kappa shape index (κ2) is 3.73. The van der Waals surface area contributed by atoms with E-state index >= 15 is 0 Å². The zero-order valence-electron chi connectivity index (χ0n) is 5.85. The van der Waals surface area contributed by atoms with Crippen LogP contribution in [0.4, 0.5) is 8.78 Å². The largest absolute Gasteiger partial charge is 0.368 e. The Balaban J connectivity index is 2.39. The van der Waals surface area contributed by atoms with Crippen molar-refractivity contribution in [3.8, 4) is 0 Å². The summed E-state index contributed by atoms with van der Waals surface area (Å²) in [6.07, 6.45) is -3.87. The number of hydrogen-bond donors (Lipinski definition) is 1. The lowest BCUT2D eigenvalue weighted by Gasteiger charge is -2.21. The summed E-state index contributed by atoms with van der Waals surface area (Å²) in [6, 6.07) is 0. The van der Waals surface area contributed by atoms with Crippen molar-refractivity contribution in [3.05, 3.63) is 0 Å². The third kappa shape index (κ3) is 2.20. The van der Waals surface area contributed by atoms with E-state index in [1.807, 2.05) is 0 Å². The summed E-state index contributed by atoms with van der Waals surface area (Å²) >= 11 is 0. The number of carbonyl (C=O) groups is 1. The maximum Gasteiger partial charge on any atom is 0.298 e. The number of morpholine rings is 1. The lowest BCUT2D eigenvalue weighted by atomic mass is 10.2. The van der Waals surface area contributed by atoms with Crippen molar-refractivity contribution in [3.63, 3.8) is 0 Å². The second-order valence-corrected chi connectivity index (χ2v) is 2.27.